The molecule has 4 unspecified atom stereocenters. The zero-order valence-electron chi connectivity index (χ0n) is 37.1. The number of anilines is 2. The number of amides is 2. The fourth-order valence-corrected chi connectivity index (χ4v) is 8.13. The van der Waals surface area contributed by atoms with Crippen molar-refractivity contribution in [2.24, 2.45) is 11.8 Å². The van der Waals surface area contributed by atoms with Crippen molar-refractivity contribution in [3.63, 3.8) is 0 Å². The Labute approximate surface area is 370 Å². The summed E-state index contributed by atoms with van der Waals surface area (Å²) < 4.78 is 15.3. The van der Waals surface area contributed by atoms with E-state index in [0.29, 0.717) is 51.4 Å². The number of alkyl halides is 1. The van der Waals surface area contributed by atoms with Crippen LogP contribution in [-0.4, -0.2) is 103 Å². The third-order valence-corrected chi connectivity index (χ3v) is 11.2. The summed E-state index contributed by atoms with van der Waals surface area (Å²) >= 11 is 0. The molecule has 3 N–H and O–H groups in total. The minimum absolute atomic E-state index is 0. The molecule has 340 valence electrons. The largest absolute Gasteiger partial charge is 0.456 e. The van der Waals surface area contributed by atoms with Gasteiger partial charge in [-0.05, 0) is 86.0 Å². The van der Waals surface area contributed by atoms with Crippen LogP contribution in [0.4, 0.5) is 15.8 Å². The summed E-state index contributed by atoms with van der Waals surface area (Å²) in [6.45, 7) is 12.3. The van der Waals surface area contributed by atoms with Crippen molar-refractivity contribution in [3.05, 3.63) is 132 Å². The molecule has 2 heterocycles. The first-order chi connectivity index (χ1) is 30.3. The molecule has 6 rings (SSSR count). The van der Waals surface area contributed by atoms with Gasteiger partial charge < -0.3 is 24.5 Å². The topological polar surface area (TPSA) is 134 Å². The second kappa shape index (κ2) is 29.3. The Balaban J connectivity index is 0.000000399. The van der Waals surface area contributed by atoms with Gasteiger partial charge in [-0.1, -0.05) is 118 Å². The molecular formula is C50H71FN4O7. The molecule has 0 aromatic heterocycles. The molecule has 2 aliphatic heterocycles. The van der Waals surface area contributed by atoms with E-state index in [9.17, 15) is 23.9 Å². The number of carbonyl (C=O) groups excluding carboxylic acids is 3. The summed E-state index contributed by atoms with van der Waals surface area (Å²) in [5, 5.41) is 22.5. The maximum absolute atomic E-state index is 12.6. The van der Waals surface area contributed by atoms with E-state index in [1.807, 2.05) is 152 Å². The van der Waals surface area contributed by atoms with Crippen LogP contribution in [0.15, 0.2) is 121 Å². The minimum Gasteiger partial charge on any atom is -0.456 e. The maximum atomic E-state index is 12.6. The number of hydrogen-bond acceptors (Lipinski definition) is 9. The quantitative estimate of drug-likeness (QED) is 0.0572. The van der Waals surface area contributed by atoms with Gasteiger partial charge in [0.25, 0.3) is 0 Å². The van der Waals surface area contributed by atoms with Crippen molar-refractivity contribution >= 4 is 29.2 Å². The van der Waals surface area contributed by atoms with Crippen LogP contribution in [0.1, 0.15) is 90.5 Å². The first kappa shape index (κ1) is 51.4. The number of aliphatic hydroxyl groups is 1. The highest BCUT2D eigenvalue weighted by Gasteiger charge is 2.29. The van der Waals surface area contributed by atoms with Crippen LogP contribution in [0.3, 0.4) is 0 Å². The van der Waals surface area contributed by atoms with E-state index >= 15 is 0 Å². The summed E-state index contributed by atoms with van der Waals surface area (Å²) in [4.78, 5) is 45.8. The van der Waals surface area contributed by atoms with Gasteiger partial charge in [-0.2, -0.15) is 0 Å². The number of β-amino-alcohol motifs (C(OH)–C–C–N with tert-alkyl or cyclic N) is 1. The third kappa shape index (κ3) is 17.1. The van der Waals surface area contributed by atoms with Crippen molar-refractivity contribution in [1.82, 2.24) is 9.80 Å². The summed E-state index contributed by atoms with van der Waals surface area (Å²) in [6.07, 6.45) is 5.05. The van der Waals surface area contributed by atoms with Gasteiger partial charge in [-0.15, -0.1) is 0 Å². The number of piperidine rings is 2. The molecule has 0 radical (unpaired) electrons. The Kier molecular flexibility index (Phi) is 24.3. The Morgan fingerprint density at radius 1 is 0.629 bits per heavy atom. The summed E-state index contributed by atoms with van der Waals surface area (Å²) in [5.41, 5.74) is 3.93. The Hall–Kier alpha value is -4.98. The van der Waals surface area contributed by atoms with Crippen LogP contribution < -0.4 is 9.80 Å². The van der Waals surface area contributed by atoms with E-state index in [1.165, 1.54) is 0 Å². The number of rotatable bonds is 16. The molecule has 2 aliphatic rings. The number of hydrogen-bond donors (Lipinski definition) is 3. The summed E-state index contributed by atoms with van der Waals surface area (Å²) in [7, 11) is 0.500. The lowest BCUT2D eigenvalue weighted by molar-refractivity contribution is -0.176. The van der Waals surface area contributed by atoms with E-state index in [1.54, 1.807) is 0 Å². The summed E-state index contributed by atoms with van der Waals surface area (Å²) in [5.74, 6) is 0.969. The minimum atomic E-state index is -0.465. The van der Waals surface area contributed by atoms with Crippen molar-refractivity contribution < 1.29 is 40.6 Å². The molecule has 62 heavy (non-hydrogen) atoms. The van der Waals surface area contributed by atoms with E-state index in [4.69, 9.17) is 15.3 Å². The standard InChI is InChI=1S/C26H34N2O3.C23H30N2O2.CH3F.H2O2.H2/c1-3-25(29)28(23-15-9-6-10-16-23)19-21-12-11-17-27(18-21)20-24(31-26(30)4-2)22-13-7-5-8-14-22;1-2-23(27)25(21-13-7-4-8-14-21)17-19-10-9-15-24(16-19)18-22(26)20-11-5-3-6-12-20;2*1-2;/h5-10,13-16,21,24H,3-4,11-12,17-20H2,1-2H3;3-8,11-14,19,22,26H,2,9-10,15-18H2,1H3;1H3;1-2H;1H/i;;;;1+2. The molecule has 11 nitrogen and oxygen atoms in total. The number of benzene rings is 4. The predicted molar refractivity (Wildman–Crippen MR) is 248 cm³/mol. The van der Waals surface area contributed by atoms with Gasteiger partial charge in [-0.3, -0.25) is 34.2 Å². The highest BCUT2D eigenvalue weighted by molar-refractivity contribution is 5.93. The number of likely N-dealkylation sites (tertiary alicyclic amines) is 2. The van der Waals surface area contributed by atoms with Gasteiger partial charge >= 0.3 is 5.97 Å². The first-order valence-electron chi connectivity index (χ1n) is 22.0. The smallest absolute Gasteiger partial charge is 0.306 e. The van der Waals surface area contributed by atoms with Gasteiger partial charge in [0.1, 0.15) is 6.10 Å². The Morgan fingerprint density at radius 2 is 1.02 bits per heavy atom. The average molecular weight is 861 g/mol. The molecule has 4 aromatic rings. The lowest BCUT2D eigenvalue weighted by Gasteiger charge is -2.37. The number of para-hydroxylation sites is 2. The monoisotopic (exact) mass is 861 g/mol. The molecule has 2 amide bonds. The van der Waals surface area contributed by atoms with Crippen molar-refractivity contribution in [2.75, 3.05) is 69.3 Å². The van der Waals surface area contributed by atoms with Crippen molar-refractivity contribution in [1.29, 1.82) is 0 Å². The molecular weight excluding hydrogens is 788 g/mol. The van der Waals surface area contributed by atoms with Crippen LogP contribution in [0, 0.1) is 11.8 Å². The molecule has 0 bridgehead atoms. The number of carbonyl (C=O) groups is 3. The zero-order valence-corrected chi connectivity index (χ0v) is 37.1. The molecule has 0 spiro atoms. The number of ether oxygens (including phenoxy) is 1. The molecule has 2 fully saturated rings. The van der Waals surface area contributed by atoms with Gasteiger partial charge in [0.2, 0.25) is 11.8 Å². The van der Waals surface area contributed by atoms with Gasteiger partial charge in [0.05, 0.1) is 13.3 Å². The highest BCUT2D eigenvalue weighted by Crippen LogP contribution is 2.27. The van der Waals surface area contributed by atoms with E-state index in [-0.39, 0.29) is 25.3 Å². The predicted octanol–water partition coefficient (Wildman–Crippen LogP) is 9.56. The molecule has 0 saturated carbocycles. The lowest BCUT2D eigenvalue weighted by atomic mass is 9.96. The molecule has 4 aromatic carbocycles. The number of aliphatic hydroxyl groups excluding tert-OH is 1. The van der Waals surface area contributed by atoms with E-state index < -0.39 is 6.10 Å². The molecule has 2 saturated heterocycles. The first-order valence-corrected chi connectivity index (χ1v) is 22.0. The van der Waals surface area contributed by atoms with E-state index in [0.717, 1.165) is 87.5 Å². The second-order valence-corrected chi connectivity index (χ2v) is 15.6. The fraction of sp³-hybridized carbons (Fsp3) is 0.460. The highest BCUT2D eigenvalue weighted by atomic mass is 19.1. The number of halogens is 1. The fourth-order valence-electron chi connectivity index (χ4n) is 8.13. The molecule has 0 aliphatic carbocycles. The molecule has 4 atom stereocenters. The van der Waals surface area contributed by atoms with Crippen LogP contribution in [0.5, 0.6) is 0 Å². The average Bonchev–Trinajstić information content (AvgIpc) is 3.34. The molecule has 12 heteroatoms. The number of esters is 1. The van der Waals surface area contributed by atoms with Gasteiger partial charge in [0, 0.05) is 71.3 Å². The second-order valence-electron chi connectivity index (χ2n) is 15.6. The van der Waals surface area contributed by atoms with Crippen LogP contribution in [-0.2, 0) is 19.1 Å². The SMILES string of the molecule is CCC(=O)N(CC1CCCN(CC(O)c2ccccc2)C1)c1ccccc1.CCC(=O)OC(CN1CCCC(CN(C(=O)CC)c2ccccc2)C1)c1ccccc1.CF.OO.[3HH]. The van der Waals surface area contributed by atoms with Crippen LogP contribution >= 0.6 is 0 Å². The zero-order chi connectivity index (χ0) is 45.1. The summed E-state index contributed by atoms with van der Waals surface area (Å²) in [6, 6.07) is 39.7. The van der Waals surface area contributed by atoms with Crippen molar-refractivity contribution in [3.8, 4) is 0 Å². The van der Waals surface area contributed by atoms with Crippen LogP contribution in [0.25, 0.3) is 0 Å². The van der Waals surface area contributed by atoms with Gasteiger partial charge in [0.15, 0.2) is 0 Å². The van der Waals surface area contributed by atoms with Crippen LogP contribution in [0.2, 0.25) is 0 Å². The third-order valence-electron chi connectivity index (χ3n) is 11.2. The van der Waals surface area contributed by atoms with E-state index in [2.05, 4.69) is 9.80 Å². The Morgan fingerprint density at radius 3 is 1.42 bits per heavy atom. The van der Waals surface area contributed by atoms with Crippen molar-refractivity contribution in [2.45, 2.75) is 77.9 Å². The normalized spacial score (nSPS) is 17.2. The maximum Gasteiger partial charge on any atom is 0.306 e. The lowest BCUT2D eigenvalue weighted by Crippen LogP contribution is -2.44. The number of nitrogens with zero attached hydrogens (tertiary/aromatic N) is 4. The Bertz CT molecular complexity index is 1820. The van der Waals surface area contributed by atoms with Gasteiger partial charge in [-0.25, -0.2) is 0 Å².